The number of rotatable bonds is 3. The van der Waals surface area contributed by atoms with Gasteiger partial charge in [0, 0.05) is 14.2 Å². The van der Waals surface area contributed by atoms with E-state index in [9.17, 15) is 0 Å². The van der Waals surface area contributed by atoms with Gasteiger partial charge in [0.1, 0.15) is 0 Å². The summed E-state index contributed by atoms with van der Waals surface area (Å²) in [5.74, 6) is 0. The molecule has 1 N–H and O–H groups in total. The third kappa shape index (κ3) is 2.82. The molecule has 16 heavy (non-hydrogen) atoms. The van der Waals surface area contributed by atoms with Crippen molar-refractivity contribution in [3.05, 3.63) is 51.8 Å². The molecular weight excluding hydrogens is 284 g/mol. The molecule has 1 aromatic carbocycles. The Labute approximate surface area is 107 Å². The zero-order valence-electron chi connectivity index (χ0n) is 8.56. The molecule has 0 aliphatic heterocycles. The van der Waals surface area contributed by atoms with Crippen LogP contribution in [0.2, 0.25) is 0 Å². The molecule has 0 aliphatic carbocycles. The third-order valence-corrected chi connectivity index (χ3v) is 3.72. The van der Waals surface area contributed by atoms with Gasteiger partial charge in [-0.05, 0) is 35.9 Å². The van der Waals surface area contributed by atoms with Crippen LogP contribution in [-0.2, 0) is 0 Å². The first kappa shape index (κ1) is 11.6. The topological polar surface area (TPSA) is 20.2 Å². The molecule has 1 aromatic heterocycles. The summed E-state index contributed by atoms with van der Waals surface area (Å²) >= 11 is 5.18. The number of halogens is 1. The van der Waals surface area contributed by atoms with E-state index in [1.807, 2.05) is 18.2 Å². The molecule has 0 unspecified atom stereocenters. The number of hydrogen-bond acceptors (Lipinski definition) is 2. The SMILES string of the molecule is OCC=Cc1ccc(-c2cccc(Br)c2)s1. The average molecular weight is 295 g/mol. The average Bonchev–Trinajstić information content (AvgIpc) is 2.75. The Bertz CT molecular complexity index is 502. The van der Waals surface area contributed by atoms with Crippen LogP contribution in [0.3, 0.4) is 0 Å². The number of thiophene rings is 1. The van der Waals surface area contributed by atoms with Crippen molar-refractivity contribution in [1.82, 2.24) is 0 Å². The maximum absolute atomic E-state index is 8.70. The summed E-state index contributed by atoms with van der Waals surface area (Å²) in [6, 6.07) is 12.4. The summed E-state index contributed by atoms with van der Waals surface area (Å²) in [6.45, 7) is 0.0874. The molecule has 1 nitrogen and oxygen atoms in total. The molecule has 1 heterocycles. The highest BCUT2D eigenvalue weighted by molar-refractivity contribution is 9.10. The van der Waals surface area contributed by atoms with Gasteiger partial charge >= 0.3 is 0 Å². The minimum absolute atomic E-state index is 0.0874. The molecule has 2 rings (SSSR count). The summed E-state index contributed by atoms with van der Waals surface area (Å²) in [7, 11) is 0. The van der Waals surface area contributed by atoms with Crippen LogP contribution < -0.4 is 0 Å². The van der Waals surface area contributed by atoms with Gasteiger partial charge in [-0.1, -0.05) is 34.1 Å². The lowest BCUT2D eigenvalue weighted by Crippen LogP contribution is -1.70. The summed E-state index contributed by atoms with van der Waals surface area (Å²) < 4.78 is 1.09. The van der Waals surface area contributed by atoms with Crippen LogP contribution in [0.25, 0.3) is 16.5 Å². The minimum atomic E-state index is 0.0874. The minimum Gasteiger partial charge on any atom is -0.392 e. The Hall–Kier alpha value is -0.900. The molecule has 0 radical (unpaired) electrons. The van der Waals surface area contributed by atoms with Crippen LogP contribution in [0.5, 0.6) is 0 Å². The molecule has 0 aliphatic rings. The first-order valence-corrected chi connectivity index (χ1v) is 6.54. The lowest BCUT2D eigenvalue weighted by molar-refractivity contribution is 0.343. The monoisotopic (exact) mass is 294 g/mol. The van der Waals surface area contributed by atoms with Gasteiger partial charge in [-0.25, -0.2) is 0 Å². The lowest BCUT2D eigenvalue weighted by atomic mass is 10.2. The number of aliphatic hydroxyl groups is 1. The third-order valence-electron chi connectivity index (χ3n) is 2.12. The van der Waals surface area contributed by atoms with Crippen molar-refractivity contribution in [3.63, 3.8) is 0 Å². The molecule has 0 amide bonds. The molecule has 0 saturated carbocycles. The Kier molecular flexibility index (Phi) is 3.93. The van der Waals surface area contributed by atoms with Crippen molar-refractivity contribution in [2.24, 2.45) is 0 Å². The van der Waals surface area contributed by atoms with Crippen LogP contribution in [0, 0.1) is 0 Å². The van der Waals surface area contributed by atoms with E-state index in [1.54, 1.807) is 17.4 Å². The van der Waals surface area contributed by atoms with E-state index in [1.165, 1.54) is 10.4 Å². The van der Waals surface area contributed by atoms with E-state index in [4.69, 9.17) is 5.11 Å². The molecule has 82 valence electrons. The van der Waals surface area contributed by atoms with Gasteiger partial charge in [-0.15, -0.1) is 11.3 Å². The van der Waals surface area contributed by atoms with Crippen LogP contribution >= 0.6 is 27.3 Å². The number of aliphatic hydroxyl groups excluding tert-OH is 1. The largest absolute Gasteiger partial charge is 0.392 e. The summed E-state index contributed by atoms with van der Waals surface area (Å²) in [6.07, 6.45) is 3.68. The maximum Gasteiger partial charge on any atom is 0.0615 e. The van der Waals surface area contributed by atoms with Gasteiger partial charge in [-0.3, -0.25) is 0 Å². The Morgan fingerprint density at radius 2 is 2.12 bits per heavy atom. The van der Waals surface area contributed by atoms with Crippen molar-refractivity contribution in [1.29, 1.82) is 0 Å². The number of benzene rings is 1. The first-order chi connectivity index (χ1) is 7.79. The molecular formula is C13H11BrOS. The molecule has 3 heteroatoms. The van der Waals surface area contributed by atoms with Crippen LogP contribution in [0.4, 0.5) is 0 Å². The Morgan fingerprint density at radius 1 is 1.25 bits per heavy atom. The van der Waals surface area contributed by atoms with E-state index in [2.05, 4.69) is 40.2 Å². The lowest BCUT2D eigenvalue weighted by Gasteiger charge is -1.97. The van der Waals surface area contributed by atoms with Crippen molar-refractivity contribution in [2.75, 3.05) is 6.61 Å². The van der Waals surface area contributed by atoms with Crippen molar-refractivity contribution in [2.45, 2.75) is 0 Å². The van der Waals surface area contributed by atoms with Gasteiger partial charge in [0.05, 0.1) is 6.61 Å². The first-order valence-electron chi connectivity index (χ1n) is 4.93. The standard InChI is InChI=1S/C13H11BrOS/c14-11-4-1-3-10(9-11)13-7-6-12(16-13)5-2-8-15/h1-7,9,15H,8H2. The summed E-state index contributed by atoms with van der Waals surface area (Å²) in [4.78, 5) is 2.39. The number of hydrogen-bond donors (Lipinski definition) is 1. The fraction of sp³-hybridized carbons (Fsp3) is 0.0769. The fourth-order valence-corrected chi connectivity index (χ4v) is 2.74. The second-order valence-electron chi connectivity index (χ2n) is 3.30. The Morgan fingerprint density at radius 3 is 2.88 bits per heavy atom. The highest BCUT2D eigenvalue weighted by Gasteiger charge is 2.01. The van der Waals surface area contributed by atoms with Gasteiger partial charge in [0.25, 0.3) is 0 Å². The Balaban J connectivity index is 2.28. The van der Waals surface area contributed by atoms with Crippen molar-refractivity contribution < 1.29 is 5.11 Å². The summed E-state index contributed by atoms with van der Waals surface area (Å²) in [5, 5.41) is 8.70. The van der Waals surface area contributed by atoms with Gasteiger partial charge in [-0.2, -0.15) is 0 Å². The van der Waals surface area contributed by atoms with Gasteiger partial charge < -0.3 is 5.11 Å². The zero-order valence-corrected chi connectivity index (χ0v) is 11.0. The smallest absolute Gasteiger partial charge is 0.0615 e. The molecule has 0 atom stereocenters. The molecule has 2 aromatic rings. The predicted octanol–water partition coefficient (Wildman–Crippen LogP) is 4.18. The van der Waals surface area contributed by atoms with E-state index < -0.39 is 0 Å². The highest BCUT2D eigenvalue weighted by atomic mass is 79.9. The predicted molar refractivity (Wildman–Crippen MR) is 73.6 cm³/mol. The fourth-order valence-electron chi connectivity index (χ4n) is 1.41. The van der Waals surface area contributed by atoms with Crippen LogP contribution in [0.15, 0.2) is 46.9 Å². The van der Waals surface area contributed by atoms with E-state index in [-0.39, 0.29) is 6.61 Å². The van der Waals surface area contributed by atoms with Crippen molar-refractivity contribution in [3.8, 4) is 10.4 Å². The molecule has 0 bridgehead atoms. The highest BCUT2D eigenvalue weighted by Crippen LogP contribution is 2.30. The maximum atomic E-state index is 8.70. The van der Waals surface area contributed by atoms with E-state index in [0.717, 1.165) is 9.35 Å². The quantitative estimate of drug-likeness (QED) is 0.900. The molecule has 0 saturated heterocycles. The second kappa shape index (κ2) is 5.43. The van der Waals surface area contributed by atoms with Gasteiger partial charge in [0.2, 0.25) is 0 Å². The van der Waals surface area contributed by atoms with Crippen LogP contribution in [0.1, 0.15) is 4.88 Å². The zero-order chi connectivity index (χ0) is 11.4. The van der Waals surface area contributed by atoms with Gasteiger partial charge in [0.15, 0.2) is 0 Å². The van der Waals surface area contributed by atoms with Crippen molar-refractivity contribution >= 4 is 33.3 Å². The second-order valence-corrected chi connectivity index (χ2v) is 5.33. The molecule has 0 spiro atoms. The van der Waals surface area contributed by atoms with E-state index in [0.29, 0.717) is 0 Å². The molecule has 0 fully saturated rings. The summed E-state index contributed by atoms with van der Waals surface area (Å²) in [5.41, 5.74) is 1.21. The normalized spacial score (nSPS) is 11.1. The van der Waals surface area contributed by atoms with E-state index >= 15 is 0 Å². The van der Waals surface area contributed by atoms with Crippen LogP contribution in [-0.4, -0.2) is 11.7 Å².